The van der Waals surface area contributed by atoms with Crippen molar-refractivity contribution < 1.29 is 4.79 Å². The van der Waals surface area contributed by atoms with Crippen LogP contribution in [0.4, 0.5) is 0 Å². The molecule has 0 heterocycles. The fourth-order valence-electron chi connectivity index (χ4n) is 2.04. The third kappa shape index (κ3) is 2.79. The lowest BCUT2D eigenvalue weighted by Gasteiger charge is -2.05. The van der Waals surface area contributed by atoms with Gasteiger partial charge in [-0.05, 0) is 49.4 Å². The Morgan fingerprint density at radius 2 is 2.19 bits per heavy atom. The molecule has 0 unspecified atom stereocenters. The van der Waals surface area contributed by atoms with Crippen molar-refractivity contribution in [3.63, 3.8) is 0 Å². The molecular formula is C13H17NOS. The Labute approximate surface area is 101 Å². The van der Waals surface area contributed by atoms with E-state index < -0.39 is 0 Å². The number of amides is 1. The lowest BCUT2D eigenvalue weighted by atomic mass is 10.1. The first-order chi connectivity index (χ1) is 7.79. The van der Waals surface area contributed by atoms with Gasteiger partial charge in [-0.15, -0.1) is 11.8 Å². The minimum atomic E-state index is 0.119. The van der Waals surface area contributed by atoms with E-state index in [2.05, 4.69) is 23.5 Å². The zero-order valence-corrected chi connectivity index (χ0v) is 10.4. The van der Waals surface area contributed by atoms with Crippen molar-refractivity contribution in [2.45, 2.75) is 31.1 Å². The van der Waals surface area contributed by atoms with Gasteiger partial charge in [0.2, 0.25) is 5.91 Å². The molecule has 0 fully saturated rings. The van der Waals surface area contributed by atoms with Crippen LogP contribution in [0.1, 0.15) is 24.5 Å². The molecule has 0 spiro atoms. The minimum Gasteiger partial charge on any atom is -0.356 e. The number of benzene rings is 1. The molecule has 0 atom stereocenters. The number of aryl methyl sites for hydroxylation is 2. The Hall–Kier alpha value is -0.960. The molecule has 16 heavy (non-hydrogen) atoms. The summed E-state index contributed by atoms with van der Waals surface area (Å²) < 4.78 is 0. The van der Waals surface area contributed by atoms with E-state index in [9.17, 15) is 4.79 Å². The van der Waals surface area contributed by atoms with E-state index in [0.29, 0.717) is 12.3 Å². The average molecular weight is 235 g/mol. The van der Waals surface area contributed by atoms with Crippen molar-refractivity contribution in [2.24, 2.45) is 0 Å². The average Bonchev–Trinajstić information content (AvgIpc) is 2.74. The van der Waals surface area contributed by atoms with Crippen LogP contribution in [0.2, 0.25) is 0 Å². The Kier molecular flexibility index (Phi) is 3.88. The summed E-state index contributed by atoms with van der Waals surface area (Å²) in [4.78, 5) is 12.5. The van der Waals surface area contributed by atoms with E-state index in [4.69, 9.17) is 0 Å². The predicted octanol–water partition coefficient (Wildman–Crippen LogP) is 2.40. The van der Waals surface area contributed by atoms with E-state index in [0.717, 1.165) is 0 Å². The maximum Gasteiger partial charge on any atom is 0.230 e. The largest absolute Gasteiger partial charge is 0.356 e. The number of rotatable bonds is 4. The minimum absolute atomic E-state index is 0.119. The highest BCUT2D eigenvalue weighted by Gasteiger charge is 2.11. The molecule has 1 aliphatic rings. The zero-order chi connectivity index (χ0) is 11.4. The molecule has 1 aromatic carbocycles. The first kappa shape index (κ1) is 11.5. The van der Waals surface area contributed by atoms with Crippen LogP contribution in [-0.4, -0.2) is 18.2 Å². The van der Waals surface area contributed by atoms with Gasteiger partial charge in [-0.3, -0.25) is 4.79 Å². The molecule has 1 aliphatic carbocycles. The third-order valence-corrected chi connectivity index (χ3v) is 3.81. The maximum atomic E-state index is 11.3. The first-order valence-corrected chi connectivity index (χ1v) is 6.79. The lowest BCUT2D eigenvalue weighted by Crippen LogP contribution is -2.24. The van der Waals surface area contributed by atoms with Crippen LogP contribution in [0.5, 0.6) is 0 Å². The molecule has 1 amide bonds. The monoisotopic (exact) mass is 235 g/mol. The highest BCUT2D eigenvalue weighted by atomic mass is 32.2. The van der Waals surface area contributed by atoms with Gasteiger partial charge < -0.3 is 5.32 Å². The molecule has 0 saturated carbocycles. The van der Waals surface area contributed by atoms with Crippen molar-refractivity contribution >= 4 is 17.7 Å². The van der Waals surface area contributed by atoms with Gasteiger partial charge in [0.25, 0.3) is 0 Å². The lowest BCUT2D eigenvalue weighted by molar-refractivity contribution is -0.118. The van der Waals surface area contributed by atoms with Gasteiger partial charge in [0.15, 0.2) is 0 Å². The van der Waals surface area contributed by atoms with E-state index in [-0.39, 0.29) is 5.91 Å². The summed E-state index contributed by atoms with van der Waals surface area (Å²) in [6.45, 7) is 2.65. The van der Waals surface area contributed by atoms with Crippen LogP contribution in [-0.2, 0) is 17.6 Å². The maximum absolute atomic E-state index is 11.3. The summed E-state index contributed by atoms with van der Waals surface area (Å²) in [6.07, 6.45) is 3.70. The van der Waals surface area contributed by atoms with Crippen molar-refractivity contribution in [3.8, 4) is 0 Å². The van der Waals surface area contributed by atoms with Crippen molar-refractivity contribution in [2.75, 3.05) is 12.3 Å². The smallest absolute Gasteiger partial charge is 0.230 e. The number of thioether (sulfide) groups is 1. The number of hydrogen-bond acceptors (Lipinski definition) is 2. The molecule has 0 bridgehead atoms. The van der Waals surface area contributed by atoms with Gasteiger partial charge >= 0.3 is 0 Å². The SMILES string of the molecule is CCNC(=O)CSc1ccc2c(c1)CCC2. The standard InChI is InChI=1S/C13H17NOS/c1-2-14-13(15)9-16-12-7-6-10-4-3-5-11(10)8-12/h6-8H,2-5,9H2,1H3,(H,14,15). The van der Waals surface area contributed by atoms with Crippen molar-refractivity contribution in [1.29, 1.82) is 0 Å². The van der Waals surface area contributed by atoms with Gasteiger partial charge in [0.1, 0.15) is 0 Å². The highest BCUT2D eigenvalue weighted by Crippen LogP contribution is 2.27. The molecule has 0 radical (unpaired) electrons. The van der Waals surface area contributed by atoms with Gasteiger partial charge in [0, 0.05) is 11.4 Å². The molecule has 0 aliphatic heterocycles. The van der Waals surface area contributed by atoms with E-state index in [1.165, 1.54) is 35.3 Å². The van der Waals surface area contributed by atoms with Crippen molar-refractivity contribution in [3.05, 3.63) is 29.3 Å². The molecule has 86 valence electrons. The van der Waals surface area contributed by atoms with Crippen LogP contribution >= 0.6 is 11.8 Å². The van der Waals surface area contributed by atoms with Crippen LogP contribution in [0.25, 0.3) is 0 Å². The summed E-state index contributed by atoms with van der Waals surface area (Å²) in [5, 5.41) is 2.81. The summed E-state index contributed by atoms with van der Waals surface area (Å²) in [6, 6.07) is 6.59. The molecule has 1 aromatic rings. The van der Waals surface area contributed by atoms with Gasteiger partial charge in [-0.25, -0.2) is 0 Å². The Balaban J connectivity index is 1.93. The number of fused-ring (bicyclic) bond motifs is 1. The van der Waals surface area contributed by atoms with Crippen molar-refractivity contribution in [1.82, 2.24) is 5.32 Å². The second-order valence-electron chi connectivity index (χ2n) is 4.03. The Morgan fingerprint density at radius 3 is 3.00 bits per heavy atom. The van der Waals surface area contributed by atoms with Gasteiger partial charge in [-0.2, -0.15) is 0 Å². The quantitative estimate of drug-likeness (QED) is 0.812. The second-order valence-corrected chi connectivity index (χ2v) is 5.08. The predicted molar refractivity (Wildman–Crippen MR) is 67.9 cm³/mol. The summed E-state index contributed by atoms with van der Waals surface area (Å²) in [5.41, 5.74) is 2.96. The summed E-state index contributed by atoms with van der Waals surface area (Å²) >= 11 is 1.62. The molecular weight excluding hydrogens is 218 g/mol. The van der Waals surface area contributed by atoms with Gasteiger partial charge in [-0.1, -0.05) is 6.07 Å². The molecule has 1 N–H and O–H groups in total. The van der Waals surface area contributed by atoms with Gasteiger partial charge in [0.05, 0.1) is 5.75 Å². The van der Waals surface area contributed by atoms with Crippen LogP contribution in [0.15, 0.2) is 23.1 Å². The first-order valence-electron chi connectivity index (χ1n) is 5.81. The van der Waals surface area contributed by atoms with E-state index in [1.807, 2.05) is 6.92 Å². The third-order valence-electron chi connectivity index (χ3n) is 2.81. The zero-order valence-electron chi connectivity index (χ0n) is 9.58. The summed E-state index contributed by atoms with van der Waals surface area (Å²) in [5.74, 6) is 0.639. The fraction of sp³-hybridized carbons (Fsp3) is 0.462. The van der Waals surface area contributed by atoms with E-state index >= 15 is 0 Å². The highest BCUT2D eigenvalue weighted by molar-refractivity contribution is 8.00. The van der Waals surface area contributed by atoms with E-state index in [1.54, 1.807) is 11.8 Å². The molecule has 2 nitrogen and oxygen atoms in total. The Bertz CT molecular complexity index is 390. The molecule has 0 saturated heterocycles. The molecule has 2 rings (SSSR count). The van der Waals surface area contributed by atoms with Crippen LogP contribution < -0.4 is 5.32 Å². The number of nitrogens with one attached hydrogen (secondary N) is 1. The second kappa shape index (κ2) is 5.39. The normalized spacial score (nSPS) is 13.6. The number of carbonyl (C=O) groups excluding carboxylic acids is 1. The van der Waals surface area contributed by atoms with Crippen LogP contribution in [0, 0.1) is 0 Å². The number of carbonyl (C=O) groups is 1. The van der Waals surface area contributed by atoms with Crippen LogP contribution in [0.3, 0.4) is 0 Å². The molecule has 0 aromatic heterocycles. The Morgan fingerprint density at radius 1 is 1.38 bits per heavy atom. The number of hydrogen-bond donors (Lipinski definition) is 1. The fourth-order valence-corrected chi connectivity index (χ4v) is 2.82. The molecule has 3 heteroatoms. The summed E-state index contributed by atoms with van der Waals surface area (Å²) in [7, 11) is 0. The topological polar surface area (TPSA) is 29.1 Å².